The molecule has 0 unspecified atom stereocenters. The van der Waals surface area contributed by atoms with Gasteiger partial charge >= 0.3 is 0 Å². The number of rotatable bonds is 5. The van der Waals surface area contributed by atoms with Crippen LogP contribution in [-0.2, 0) is 4.43 Å². The van der Waals surface area contributed by atoms with Gasteiger partial charge < -0.3 is 4.43 Å². The molecule has 2 saturated carbocycles. The van der Waals surface area contributed by atoms with Gasteiger partial charge in [-0.1, -0.05) is 38.5 Å². The van der Waals surface area contributed by atoms with Crippen LogP contribution in [0, 0.1) is 11.8 Å². The molecular weight excluding hydrogens is 260 g/mol. The molecule has 3 heteroatoms. The highest BCUT2D eigenvalue weighted by Gasteiger charge is 2.44. The summed E-state index contributed by atoms with van der Waals surface area (Å²) in [6.07, 6.45) is 15.1. The normalized spacial score (nSPS) is 24.5. The summed E-state index contributed by atoms with van der Waals surface area (Å²) in [6.45, 7) is 0. The van der Waals surface area contributed by atoms with E-state index in [1.165, 1.54) is 64.2 Å². The van der Waals surface area contributed by atoms with Crippen LogP contribution in [0.25, 0.3) is 0 Å². The summed E-state index contributed by atoms with van der Waals surface area (Å²) in [5.41, 5.74) is 0.162. The van der Waals surface area contributed by atoms with Crippen molar-refractivity contribution < 1.29 is 4.43 Å². The van der Waals surface area contributed by atoms with Crippen LogP contribution in [0.1, 0.15) is 70.6 Å². The lowest BCUT2D eigenvalue weighted by Gasteiger charge is -2.49. The summed E-state index contributed by atoms with van der Waals surface area (Å²) in [7, 11) is 0.869. The van der Waals surface area contributed by atoms with Gasteiger partial charge in [-0.05, 0) is 43.9 Å². The lowest BCUT2D eigenvalue weighted by atomic mass is 9.65. The second kappa shape index (κ2) is 7.30. The Morgan fingerprint density at radius 2 is 1.33 bits per heavy atom. The Balaban J connectivity index is 2.13. The van der Waals surface area contributed by atoms with Gasteiger partial charge in [-0.15, -0.1) is 11.6 Å². The van der Waals surface area contributed by atoms with Gasteiger partial charge in [-0.3, -0.25) is 0 Å². The van der Waals surface area contributed by atoms with Gasteiger partial charge in [0.25, 0.3) is 0 Å². The van der Waals surface area contributed by atoms with Crippen LogP contribution in [-0.4, -0.2) is 22.0 Å². The molecule has 0 aromatic rings. The molecule has 0 aromatic heterocycles. The van der Waals surface area contributed by atoms with Crippen molar-refractivity contribution in [3.63, 3.8) is 0 Å². The first kappa shape index (κ1) is 14.9. The van der Waals surface area contributed by atoms with Crippen molar-refractivity contribution in [2.24, 2.45) is 11.8 Å². The van der Waals surface area contributed by atoms with E-state index in [1.54, 1.807) is 0 Å². The zero-order chi connectivity index (χ0) is 12.8. The number of halogens is 1. The van der Waals surface area contributed by atoms with Gasteiger partial charge in [0.1, 0.15) is 10.5 Å². The highest BCUT2D eigenvalue weighted by Crippen LogP contribution is 2.46. The molecule has 0 N–H and O–H groups in total. The van der Waals surface area contributed by atoms with Crippen LogP contribution in [0.2, 0.25) is 0 Å². The Kier molecular flexibility index (Phi) is 6.03. The fourth-order valence-corrected chi connectivity index (χ4v) is 5.67. The fraction of sp³-hybridized carbons (Fsp3) is 1.00. The molecule has 2 aliphatic rings. The largest absolute Gasteiger partial charge is 0.422 e. The highest BCUT2D eigenvalue weighted by atomic mass is 35.5. The summed E-state index contributed by atoms with van der Waals surface area (Å²) in [5, 5.41) is 0. The van der Waals surface area contributed by atoms with Gasteiger partial charge in [-0.2, -0.15) is 0 Å². The minimum absolute atomic E-state index is 0.162. The number of hydrogen-bond acceptors (Lipinski definition) is 1. The smallest absolute Gasteiger partial charge is 0.146 e. The van der Waals surface area contributed by atoms with E-state index in [4.69, 9.17) is 16.0 Å². The van der Waals surface area contributed by atoms with Gasteiger partial charge in [0.15, 0.2) is 0 Å². The third-order valence-corrected chi connectivity index (χ3v) is 6.41. The van der Waals surface area contributed by atoms with Gasteiger partial charge in [0, 0.05) is 5.88 Å². The monoisotopic (exact) mass is 288 g/mol. The first-order valence-corrected chi connectivity index (χ1v) is 9.29. The molecule has 0 heterocycles. The fourth-order valence-electron chi connectivity index (χ4n) is 4.51. The quantitative estimate of drug-likeness (QED) is 0.552. The summed E-state index contributed by atoms with van der Waals surface area (Å²) in [4.78, 5) is 0. The molecule has 2 rings (SSSR count). The SMILES string of the molecule is [SiH3]OC(CCCl)(C1CCCCC1)C1CCCCC1. The summed E-state index contributed by atoms with van der Waals surface area (Å²) in [5.74, 6) is 2.37. The van der Waals surface area contributed by atoms with Crippen molar-refractivity contribution in [2.45, 2.75) is 76.2 Å². The van der Waals surface area contributed by atoms with Crippen molar-refractivity contribution in [3.05, 3.63) is 0 Å². The zero-order valence-electron chi connectivity index (χ0n) is 11.9. The Morgan fingerprint density at radius 3 is 1.67 bits per heavy atom. The molecule has 2 aliphatic carbocycles. The van der Waals surface area contributed by atoms with E-state index in [0.717, 1.165) is 34.6 Å². The van der Waals surface area contributed by atoms with Crippen LogP contribution in [0.4, 0.5) is 0 Å². The van der Waals surface area contributed by atoms with Crippen molar-refractivity contribution in [1.29, 1.82) is 0 Å². The predicted molar refractivity (Wildman–Crippen MR) is 82.2 cm³/mol. The van der Waals surface area contributed by atoms with Gasteiger partial charge in [0.05, 0.1) is 5.60 Å². The Bertz CT molecular complexity index is 217. The third-order valence-electron chi connectivity index (χ3n) is 5.46. The van der Waals surface area contributed by atoms with Crippen molar-refractivity contribution >= 4 is 22.1 Å². The average molecular weight is 289 g/mol. The Morgan fingerprint density at radius 1 is 0.889 bits per heavy atom. The molecule has 106 valence electrons. The molecule has 1 nitrogen and oxygen atoms in total. The van der Waals surface area contributed by atoms with E-state index < -0.39 is 0 Å². The Labute approximate surface area is 121 Å². The van der Waals surface area contributed by atoms with Crippen LogP contribution in [0.15, 0.2) is 0 Å². The van der Waals surface area contributed by atoms with Crippen molar-refractivity contribution in [3.8, 4) is 0 Å². The molecule has 0 spiro atoms. The second-order valence-electron chi connectivity index (χ2n) is 6.27. The molecule has 18 heavy (non-hydrogen) atoms. The van der Waals surface area contributed by atoms with Crippen LogP contribution in [0.3, 0.4) is 0 Å². The number of alkyl halides is 1. The molecule has 0 bridgehead atoms. The molecule has 0 radical (unpaired) electrons. The molecule has 0 aliphatic heterocycles. The van der Waals surface area contributed by atoms with Gasteiger partial charge in [-0.25, -0.2) is 0 Å². The first-order valence-electron chi connectivity index (χ1n) is 7.94. The maximum Gasteiger partial charge on any atom is 0.146 e. The van der Waals surface area contributed by atoms with E-state index in [1.807, 2.05) is 0 Å². The first-order chi connectivity index (χ1) is 8.83. The zero-order valence-corrected chi connectivity index (χ0v) is 14.7. The summed E-state index contributed by atoms with van der Waals surface area (Å²) >= 11 is 6.14. The molecule has 0 amide bonds. The van der Waals surface area contributed by atoms with E-state index in [9.17, 15) is 0 Å². The average Bonchev–Trinajstić information content (AvgIpc) is 2.47. The second-order valence-corrected chi connectivity index (χ2v) is 7.05. The maximum absolute atomic E-state index is 6.31. The van der Waals surface area contributed by atoms with Crippen molar-refractivity contribution in [1.82, 2.24) is 0 Å². The minimum atomic E-state index is 0.162. The third kappa shape index (κ3) is 3.13. The minimum Gasteiger partial charge on any atom is -0.422 e. The summed E-state index contributed by atoms with van der Waals surface area (Å²) < 4.78 is 6.31. The predicted octanol–water partition coefficient (Wildman–Crippen LogP) is 3.81. The molecule has 0 aromatic carbocycles. The van der Waals surface area contributed by atoms with E-state index in [-0.39, 0.29) is 5.60 Å². The van der Waals surface area contributed by atoms with Crippen molar-refractivity contribution in [2.75, 3.05) is 5.88 Å². The molecule has 2 fully saturated rings. The maximum atomic E-state index is 6.31. The van der Waals surface area contributed by atoms with Crippen LogP contribution >= 0.6 is 11.6 Å². The molecule has 0 atom stereocenters. The topological polar surface area (TPSA) is 9.23 Å². The van der Waals surface area contributed by atoms with Crippen LogP contribution < -0.4 is 0 Å². The lowest BCUT2D eigenvalue weighted by molar-refractivity contribution is -0.0673. The lowest BCUT2D eigenvalue weighted by Crippen LogP contribution is -2.49. The standard InChI is InChI=1S/C15H29ClOSi/c16-12-11-15(17-18,13-7-3-1-4-8-13)14-9-5-2-6-10-14/h13-14H,1-12H2,18H3. The van der Waals surface area contributed by atoms with Gasteiger partial charge in [0.2, 0.25) is 0 Å². The Hall–Kier alpha value is 0.467. The van der Waals surface area contributed by atoms with E-state index in [2.05, 4.69) is 0 Å². The highest BCUT2D eigenvalue weighted by molar-refractivity contribution is 6.17. The summed E-state index contributed by atoms with van der Waals surface area (Å²) in [6, 6.07) is 0. The number of hydrogen-bond donors (Lipinski definition) is 0. The molecular formula is C15H29ClOSi. The van der Waals surface area contributed by atoms with E-state index in [0.29, 0.717) is 0 Å². The molecule has 0 saturated heterocycles. The van der Waals surface area contributed by atoms with Crippen LogP contribution in [0.5, 0.6) is 0 Å². The van der Waals surface area contributed by atoms with E-state index >= 15 is 0 Å².